The lowest BCUT2D eigenvalue weighted by Gasteiger charge is -2.09. The number of hydrogen-bond acceptors (Lipinski definition) is 5. The molecule has 0 spiro atoms. The second kappa shape index (κ2) is 11.0. The fourth-order valence-corrected chi connectivity index (χ4v) is 3.03. The number of oxazole rings is 1. The Morgan fingerprint density at radius 2 is 1.78 bits per heavy atom. The molecule has 3 N–H and O–H groups in total. The largest absolute Gasteiger partial charge is 0.497 e. The first-order valence-electron chi connectivity index (χ1n) is 10.4. The van der Waals surface area contributed by atoms with Crippen LogP contribution in [0.25, 0.3) is 11.5 Å². The molecule has 8 heteroatoms. The molecule has 3 aromatic rings. The molecule has 0 saturated heterocycles. The standard InChI is InChI=1S/C24H28N4O4/c1-16(2)26-22(29)14-17-4-8-19(9-5-17)28-24(30)25-13-12-20-15-32-23(27-20)18-6-10-21(31-3)11-7-18/h4-11,15-16H,12-14H2,1-3H3,(H,26,29)(H2,25,28,30). The van der Waals surface area contributed by atoms with Crippen LogP contribution < -0.4 is 20.7 Å². The van der Waals surface area contributed by atoms with Gasteiger partial charge in [-0.05, 0) is 55.8 Å². The van der Waals surface area contributed by atoms with E-state index >= 15 is 0 Å². The Balaban J connectivity index is 1.42. The SMILES string of the molecule is COc1ccc(-c2nc(CCNC(=O)Nc3ccc(CC(=O)NC(C)C)cc3)co2)cc1. The van der Waals surface area contributed by atoms with Crippen molar-refractivity contribution in [3.8, 4) is 17.2 Å². The van der Waals surface area contributed by atoms with E-state index in [2.05, 4.69) is 20.9 Å². The fraction of sp³-hybridized carbons (Fsp3) is 0.292. The van der Waals surface area contributed by atoms with E-state index in [1.165, 1.54) is 0 Å². The second-order valence-electron chi connectivity index (χ2n) is 7.60. The summed E-state index contributed by atoms with van der Waals surface area (Å²) in [6, 6.07) is 14.4. The lowest BCUT2D eigenvalue weighted by Crippen LogP contribution is -2.31. The maximum Gasteiger partial charge on any atom is 0.319 e. The molecule has 2 aromatic carbocycles. The maximum atomic E-state index is 12.1. The predicted octanol–water partition coefficient (Wildman–Crippen LogP) is 3.78. The highest BCUT2D eigenvalue weighted by Gasteiger charge is 2.09. The molecule has 0 atom stereocenters. The Morgan fingerprint density at radius 3 is 2.44 bits per heavy atom. The third kappa shape index (κ3) is 6.87. The summed E-state index contributed by atoms with van der Waals surface area (Å²) in [5.74, 6) is 1.26. The van der Waals surface area contributed by atoms with Crippen LogP contribution in [0.1, 0.15) is 25.1 Å². The third-order valence-electron chi connectivity index (χ3n) is 4.58. The van der Waals surface area contributed by atoms with Crippen LogP contribution in [0.4, 0.5) is 10.5 Å². The molecule has 0 radical (unpaired) electrons. The quantitative estimate of drug-likeness (QED) is 0.473. The van der Waals surface area contributed by atoms with Crippen LogP contribution in [-0.4, -0.2) is 36.6 Å². The van der Waals surface area contributed by atoms with E-state index in [0.717, 1.165) is 22.6 Å². The van der Waals surface area contributed by atoms with Gasteiger partial charge in [0, 0.05) is 30.3 Å². The maximum absolute atomic E-state index is 12.1. The molecule has 168 valence electrons. The lowest BCUT2D eigenvalue weighted by molar-refractivity contribution is -0.120. The molecular formula is C24H28N4O4. The summed E-state index contributed by atoms with van der Waals surface area (Å²) < 4.78 is 10.7. The number of carbonyl (C=O) groups is 2. The van der Waals surface area contributed by atoms with Gasteiger partial charge in [0.05, 0.1) is 19.2 Å². The van der Waals surface area contributed by atoms with Gasteiger partial charge in [-0.3, -0.25) is 4.79 Å². The van der Waals surface area contributed by atoms with Crippen molar-refractivity contribution in [3.05, 3.63) is 66.1 Å². The lowest BCUT2D eigenvalue weighted by atomic mass is 10.1. The highest BCUT2D eigenvalue weighted by atomic mass is 16.5. The van der Waals surface area contributed by atoms with Gasteiger partial charge in [-0.25, -0.2) is 9.78 Å². The normalized spacial score (nSPS) is 10.6. The molecule has 0 bridgehead atoms. The van der Waals surface area contributed by atoms with Gasteiger partial charge in [0.15, 0.2) is 0 Å². The van der Waals surface area contributed by atoms with Gasteiger partial charge in [-0.2, -0.15) is 0 Å². The van der Waals surface area contributed by atoms with Crippen LogP contribution in [-0.2, 0) is 17.6 Å². The Hall–Kier alpha value is -3.81. The van der Waals surface area contributed by atoms with E-state index in [9.17, 15) is 9.59 Å². The molecule has 3 amide bonds. The number of nitrogens with one attached hydrogen (secondary N) is 3. The molecular weight excluding hydrogens is 408 g/mol. The van der Waals surface area contributed by atoms with Gasteiger partial charge < -0.3 is 25.1 Å². The van der Waals surface area contributed by atoms with Crippen molar-refractivity contribution < 1.29 is 18.7 Å². The summed E-state index contributed by atoms with van der Waals surface area (Å²) in [6.07, 6.45) is 2.44. The van der Waals surface area contributed by atoms with Crippen LogP contribution >= 0.6 is 0 Å². The Labute approximate surface area is 187 Å². The molecule has 0 unspecified atom stereocenters. The summed E-state index contributed by atoms with van der Waals surface area (Å²) in [6.45, 7) is 4.26. The van der Waals surface area contributed by atoms with Crippen molar-refractivity contribution >= 4 is 17.6 Å². The van der Waals surface area contributed by atoms with Crippen molar-refractivity contribution in [2.24, 2.45) is 0 Å². The minimum atomic E-state index is -0.311. The summed E-state index contributed by atoms with van der Waals surface area (Å²) in [5.41, 5.74) is 3.14. The van der Waals surface area contributed by atoms with Gasteiger partial charge in [0.2, 0.25) is 11.8 Å². The molecule has 8 nitrogen and oxygen atoms in total. The number of anilines is 1. The molecule has 0 aliphatic carbocycles. The summed E-state index contributed by atoms with van der Waals surface area (Å²) in [4.78, 5) is 28.4. The zero-order valence-electron chi connectivity index (χ0n) is 18.5. The van der Waals surface area contributed by atoms with Crippen LogP contribution in [0.3, 0.4) is 0 Å². The first-order valence-corrected chi connectivity index (χ1v) is 10.4. The number of benzene rings is 2. The van der Waals surface area contributed by atoms with Gasteiger partial charge in [0.25, 0.3) is 0 Å². The average molecular weight is 437 g/mol. The Kier molecular flexibility index (Phi) is 7.85. The van der Waals surface area contributed by atoms with E-state index in [-0.39, 0.29) is 18.0 Å². The molecule has 1 heterocycles. The zero-order chi connectivity index (χ0) is 22.9. The van der Waals surface area contributed by atoms with Crippen LogP contribution in [0.2, 0.25) is 0 Å². The average Bonchev–Trinajstić information content (AvgIpc) is 3.23. The number of carbonyl (C=O) groups excluding carboxylic acids is 2. The van der Waals surface area contributed by atoms with Gasteiger partial charge in [-0.1, -0.05) is 12.1 Å². The first-order chi connectivity index (χ1) is 15.4. The van der Waals surface area contributed by atoms with E-state index in [1.807, 2.05) is 50.2 Å². The van der Waals surface area contributed by atoms with Crippen LogP contribution in [0.5, 0.6) is 5.75 Å². The van der Waals surface area contributed by atoms with E-state index < -0.39 is 0 Å². The third-order valence-corrected chi connectivity index (χ3v) is 4.58. The zero-order valence-corrected chi connectivity index (χ0v) is 18.5. The number of rotatable bonds is 9. The molecule has 0 fully saturated rings. The van der Waals surface area contributed by atoms with E-state index in [0.29, 0.717) is 31.0 Å². The number of ether oxygens (including phenoxy) is 1. The monoisotopic (exact) mass is 436 g/mol. The van der Waals surface area contributed by atoms with E-state index in [4.69, 9.17) is 9.15 Å². The van der Waals surface area contributed by atoms with Gasteiger partial charge in [0.1, 0.15) is 12.0 Å². The second-order valence-corrected chi connectivity index (χ2v) is 7.60. The predicted molar refractivity (Wildman–Crippen MR) is 123 cm³/mol. The van der Waals surface area contributed by atoms with Crippen molar-refractivity contribution in [2.45, 2.75) is 32.7 Å². The number of methoxy groups -OCH3 is 1. The Bertz CT molecular complexity index is 1030. The number of urea groups is 1. The number of amides is 3. The van der Waals surface area contributed by atoms with Gasteiger partial charge >= 0.3 is 6.03 Å². The Morgan fingerprint density at radius 1 is 1.06 bits per heavy atom. The van der Waals surface area contributed by atoms with Crippen molar-refractivity contribution in [1.29, 1.82) is 0 Å². The minimum absolute atomic E-state index is 0.0264. The van der Waals surface area contributed by atoms with Crippen molar-refractivity contribution in [3.63, 3.8) is 0 Å². The van der Waals surface area contributed by atoms with Crippen molar-refractivity contribution in [2.75, 3.05) is 19.0 Å². The molecule has 0 aliphatic rings. The first kappa shape index (κ1) is 22.9. The number of aromatic nitrogens is 1. The minimum Gasteiger partial charge on any atom is -0.497 e. The fourth-order valence-electron chi connectivity index (χ4n) is 3.03. The number of hydrogen-bond donors (Lipinski definition) is 3. The molecule has 32 heavy (non-hydrogen) atoms. The molecule has 0 aliphatic heterocycles. The number of nitrogens with zero attached hydrogens (tertiary/aromatic N) is 1. The highest BCUT2D eigenvalue weighted by molar-refractivity contribution is 5.89. The summed E-state index contributed by atoms with van der Waals surface area (Å²) in [7, 11) is 1.62. The van der Waals surface area contributed by atoms with Crippen LogP contribution in [0, 0.1) is 0 Å². The van der Waals surface area contributed by atoms with Crippen LogP contribution in [0.15, 0.2) is 59.2 Å². The molecule has 3 rings (SSSR count). The summed E-state index contributed by atoms with van der Waals surface area (Å²) >= 11 is 0. The molecule has 1 aromatic heterocycles. The highest BCUT2D eigenvalue weighted by Crippen LogP contribution is 2.21. The topological polar surface area (TPSA) is 105 Å². The molecule has 0 saturated carbocycles. The van der Waals surface area contributed by atoms with Gasteiger partial charge in [-0.15, -0.1) is 0 Å². The smallest absolute Gasteiger partial charge is 0.319 e. The summed E-state index contributed by atoms with van der Waals surface area (Å²) in [5, 5.41) is 8.43. The van der Waals surface area contributed by atoms with E-state index in [1.54, 1.807) is 25.5 Å². The van der Waals surface area contributed by atoms with Crippen molar-refractivity contribution in [1.82, 2.24) is 15.6 Å².